The Morgan fingerprint density at radius 2 is 1.79 bits per heavy atom. The van der Waals surface area contributed by atoms with Crippen molar-refractivity contribution in [1.29, 1.82) is 0 Å². The normalized spacial score (nSPS) is 41.8. The fourth-order valence-corrected chi connectivity index (χ4v) is 8.50. The molecule has 3 saturated carbocycles. The lowest BCUT2D eigenvalue weighted by Gasteiger charge is -2.61. The highest BCUT2D eigenvalue weighted by molar-refractivity contribution is 5.91. The molecule has 0 saturated heterocycles. The van der Waals surface area contributed by atoms with E-state index in [1.807, 2.05) is 13.0 Å². The van der Waals surface area contributed by atoms with Crippen LogP contribution in [0.4, 0.5) is 5.69 Å². The predicted molar refractivity (Wildman–Crippen MR) is 134 cm³/mol. The molecule has 0 aromatic heterocycles. The summed E-state index contributed by atoms with van der Waals surface area (Å²) in [7, 11) is 4.16. The maximum absolute atomic E-state index is 12.3. The van der Waals surface area contributed by atoms with Crippen molar-refractivity contribution in [3.05, 3.63) is 41.5 Å². The second kappa shape index (κ2) is 7.74. The van der Waals surface area contributed by atoms with Gasteiger partial charge in [0.2, 0.25) is 0 Å². The first-order valence-corrected chi connectivity index (χ1v) is 12.8. The largest absolute Gasteiger partial charge is 0.378 e. The second-order valence-electron chi connectivity index (χ2n) is 11.9. The molecular formula is C30H39NO2. The number of rotatable bonds is 2. The molecule has 3 fully saturated rings. The number of benzene rings is 1. The minimum Gasteiger partial charge on any atom is -0.378 e. The second-order valence-corrected chi connectivity index (χ2v) is 11.9. The minimum atomic E-state index is -0.904. The van der Waals surface area contributed by atoms with Gasteiger partial charge in [-0.1, -0.05) is 37.5 Å². The smallest absolute Gasteiger partial charge is 0.155 e. The van der Waals surface area contributed by atoms with E-state index >= 15 is 0 Å². The van der Waals surface area contributed by atoms with E-state index in [0.29, 0.717) is 35.9 Å². The van der Waals surface area contributed by atoms with Crippen LogP contribution in [0.2, 0.25) is 0 Å². The maximum atomic E-state index is 12.3. The van der Waals surface area contributed by atoms with E-state index in [9.17, 15) is 9.90 Å². The van der Waals surface area contributed by atoms with Gasteiger partial charge in [0.15, 0.2) is 5.78 Å². The summed E-state index contributed by atoms with van der Waals surface area (Å²) in [5.74, 6) is 8.55. The molecule has 4 aliphatic rings. The summed E-state index contributed by atoms with van der Waals surface area (Å²) in [5.41, 5.74) is 2.94. The van der Waals surface area contributed by atoms with Crippen LogP contribution in [-0.2, 0) is 4.79 Å². The third-order valence-corrected chi connectivity index (χ3v) is 10.2. The lowest BCUT2D eigenvalue weighted by atomic mass is 9.43. The molecule has 0 spiro atoms. The van der Waals surface area contributed by atoms with E-state index in [-0.39, 0.29) is 10.8 Å². The zero-order valence-corrected chi connectivity index (χ0v) is 20.9. The van der Waals surface area contributed by atoms with E-state index in [4.69, 9.17) is 0 Å². The number of hydrogen-bond donors (Lipinski definition) is 1. The molecule has 3 nitrogen and oxygen atoms in total. The first kappa shape index (κ1) is 22.7. The van der Waals surface area contributed by atoms with Gasteiger partial charge in [-0.15, -0.1) is 5.92 Å². The highest BCUT2D eigenvalue weighted by atomic mass is 16.3. The average Bonchev–Trinajstić information content (AvgIpc) is 3.04. The lowest BCUT2D eigenvalue weighted by Crippen LogP contribution is -2.57. The van der Waals surface area contributed by atoms with Crippen molar-refractivity contribution in [2.45, 2.75) is 77.2 Å². The molecule has 1 aromatic carbocycles. The molecule has 0 bridgehead atoms. The third-order valence-electron chi connectivity index (χ3n) is 10.2. The van der Waals surface area contributed by atoms with E-state index in [1.54, 1.807) is 0 Å². The van der Waals surface area contributed by atoms with Gasteiger partial charge in [0.25, 0.3) is 0 Å². The molecule has 3 heteroatoms. The molecule has 5 rings (SSSR count). The summed E-state index contributed by atoms with van der Waals surface area (Å²) in [4.78, 5) is 14.5. The third kappa shape index (κ3) is 3.24. The number of carbonyl (C=O) groups excluding carboxylic acids is 1. The standard InChI is InChI=1S/C30H39NO2/c1-6-15-30(33)17-14-26-24-12-9-21-18-23(32)13-16-28(21,2)27(24)25(19-29(26,30)3)20-7-10-22(11-8-20)31(4)5/h7-8,10-11,18,24-27,33H,9,12-14,16-17,19H2,1-5H3/t24-,25+,26-,27?,28-,29-,30-/m0/s1. The van der Waals surface area contributed by atoms with Gasteiger partial charge in [0.1, 0.15) is 5.60 Å². The van der Waals surface area contributed by atoms with Crippen molar-refractivity contribution in [3.8, 4) is 11.8 Å². The highest BCUT2D eigenvalue weighted by Gasteiger charge is 2.66. The van der Waals surface area contributed by atoms with E-state index in [0.717, 1.165) is 38.5 Å². The van der Waals surface area contributed by atoms with Gasteiger partial charge >= 0.3 is 0 Å². The number of nitrogens with zero attached hydrogens (tertiary/aromatic N) is 1. The first-order valence-electron chi connectivity index (χ1n) is 12.8. The number of anilines is 1. The first-order chi connectivity index (χ1) is 15.6. The Bertz CT molecular complexity index is 1040. The predicted octanol–water partition coefficient (Wildman–Crippen LogP) is 5.73. The quantitative estimate of drug-likeness (QED) is 0.591. The van der Waals surface area contributed by atoms with Gasteiger partial charge in [0.05, 0.1) is 0 Å². The highest BCUT2D eigenvalue weighted by Crippen LogP contribution is 2.70. The monoisotopic (exact) mass is 445 g/mol. The summed E-state index contributed by atoms with van der Waals surface area (Å²) in [6.07, 6.45) is 8.58. The van der Waals surface area contributed by atoms with Gasteiger partial charge in [-0.25, -0.2) is 0 Å². The molecule has 33 heavy (non-hydrogen) atoms. The number of ketones is 1. The summed E-state index contributed by atoms with van der Waals surface area (Å²) in [6, 6.07) is 9.10. The van der Waals surface area contributed by atoms with Crippen LogP contribution in [0, 0.1) is 40.4 Å². The molecule has 0 heterocycles. The zero-order valence-electron chi connectivity index (χ0n) is 20.9. The number of allylic oxidation sites excluding steroid dienone is 1. The van der Waals surface area contributed by atoms with Crippen molar-refractivity contribution in [2.24, 2.45) is 28.6 Å². The van der Waals surface area contributed by atoms with Crippen LogP contribution in [0.1, 0.15) is 77.2 Å². The van der Waals surface area contributed by atoms with E-state index in [2.05, 4.69) is 68.9 Å². The van der Waals surface area contributed by atoms with Gasteiger partial charge in [0, 0.05) is 31.6 Å². The Labute approximate surface area is 199 Å². The molecule has 0 aliphatic heterocycles. The van der Waals surface area contributed by atoms with Crippen LogP contribution in [0.3, 0.4) is 0 Å². The summed E-state index contributed by atoms with van der Waals surface area (Å²) < 4.78 is 0. The molecule has 1 unspecified atom stereocenters. The fraction of sp³-hybridized carbons (Fsp3) is 0.633. The minimum absolute atomic E-state index is 0.0696. The molecule has 4 aliphatic carbocycles. The number of aliphatic hydroxyl groups is 1. The number of fused-ring (bicyclic) bond motifs is 5. The Morgan fingerprint density at radius 3 is 2.45 bits per heavy atom. The summed E-state index contributed by atoms with van der Waals surface area (Å²) in [6.45, 7) is 6.62. The van der Waals surface area contributed by atoms with Crippen molar-refractivity contribution >= 4 is 11.5 Å². The van der Waals surface area contributed by atoms with Crippen LogP contribution < -0.4 is 4.90 Å². The van der Waals surface area contributed by atoms with Gasteiger partial charge in [-0.05, 0) is 98.3 Å². The Balaban J connectivity index is 1.64. The Kier molecular flexibility index (Phi) is 5.33. The molecule has 1 aromatic rings. The number of hydrogen-bond acceptors (Lipinski definition) is 3. The van der Waals surface area contributed by atoms with Crippen LogP contribution in [0.25, 0.3) is 0 Å². The van der Waals surface area contributed by atoms with Crippen molar-refractivity contribution in [3.63, 3.8) is 0 Å². The van der Waals surface area contributed by atoms with Crippen molar-refractivity contribution < 1.29 is 9.90 Å². The molecule has 7 atom stereocenters. The van der Waals surface area contributed by atoms with Crippen molar-refractivity contribution in [1.82, 2.24) is 0 Å². The van der Waals surface area contributed by atoms with E-state index < -0.39 is 5.60 Å². The van der Waals surface area contributed by atoms with E-state index in [1.165, 1.54) is 16.8 Å². The van der Waals surface area contributed by atoms with Crippen molar-refractivity contribution in [2.75, 3.05) is 19.0 Å². The van der Waals surface area contributed by atoms with Crippen LogP contribution in [0.5, 0.6) is 0 Å². The Hall–Kier alpha value is -2.05. The van der Waals surface area contributed by atoms with Gasteiger partial charge in [-0.3, -0.25) is 4.79 Å². The molecule has 0 amide bonds. The fourth-order valence-electron chi connectivity index (χ4n) is 8.50. The maximum Gasteiger partial charge on any atom is 0.155 e. The summed E-state index contributed by atoms with van der Waals surface area (Å²) in [5, 5.41) is 11.8. The number of carbonyl (C=O) groups is 1. The van der Waals surface area contributed by atoms with Crippen LogP contribution in [-0.4, -0.2) is 30.6 Å². The summed E-state index contributed by atoms with van der Waals surface area (Å²) >= 11 is 0. The molecule has 0 radical (unpaired) electrons. The molecule has 1 N–H and O–H groups in total. The average molecular weight is 446 g/mol. The van der Waals surface area contributed by atoms with Crippen LogP contribution in [0.15, 0.2) is 35.9 Å². The zero-order chi connectivity index (χ0) is 23.6. The molecule has 176 valence electrons. The lowest BCUT2D eigenvalue weighted by molar-refractivity contribution is -0.122. The Morgan fingerprint density at radius 1 is 1.06 bits per heavy atom. The van der Waals surface area contributed by atoms with Gasteiger partial charge < -0.3 is 10.0 Å². The van der Waals surface area contributed by atoms with Gasteiger partial charge in [-0.2, -0.15) is 0 Å². The molecular weight excluding hydrogens is 406 g/mol. The topological polar surface area (TPSA) is 40.5 Å². The SMILES string of the molecule is CC#C[C@]1(O)CC[C@H]2[C@@H]3CCC4=CC(=O)CC[C@]4(C)C3[C@@H](c3ccc(N(C)C)cc3)C[C@@]21C. The van der Waals surface area contributed by atoms with Crippen LogP contribution >= 0.6 is 0 Å².